The lowest BCUT2D eigenvalue weighted by Gasteiger charge is -2.15. The van der Waals surface area contributed by atoms with Crippen molar-refractivity contribution >= 4 is 11.9 Å². The molecule has 156 valence electrons. The van der Waals surface area contributed by atoms with Crippen molar-refractivity contribution in [1.82, 2.24) is 0 Å². The molecular formula is C21H24O8. The van der Waals surface area contributed by atoms with E-state index < -0.39 is 18.2 Å². The number of para-hydroxylation sites is 2. The highest BCUT2D eigenvalue weighted by molar-refractivity contribution is 5.92. The number of rotatable bonds is 11. The van der Waals surface area contributed by atoms with Gasteiger partial charge in [-0.2, -0.15) is 0 Å². The van der Waals surface area contributed by atoms with E-state index in [4.69, 9.17) is 29.0 Å². The molecule has 0 atom stereocenters. The summed E-state index contributed by atoms with van der Waals surface area (Å²) in [6, 6.07) is 13.1. The second kappa shape index (κ2) is 11.7. The van der Waals surface area contributed by atoms with Gasteiger partial charge in [0.25, 0.3) is 0 Å². The summed E-state index contributed by atoms with van der Waals surface area (Å²) in [5.74, 6) is -0.836. The first-order valence-corrected chi connectivity index (χ1v) is 9.12. The van der Waals surface area contributed by atoms with Crippen LogP contribution in [0.2, 0.25) is 0 Å². The minimum Gasteiger partial charge on any atom is -0.496 e. The van der Waals surface area contributed by atoms with Gasteiger partial charge in [-0.1, -0.05) is 37.6 Å². The Morgan fingerprint density at radius 3 is 1.66 bits per heavy atom. The first-order valence-electron chi connectivity index (χ1n) is 9.12. The SMILES string of the molecule is CCCCC(OOC(=O)c1ccccc1OC)OOC(=O)c1ccccc1OC. The normalized spacial score (nSPS) is 10.5. The van der Waals surface area contributed by atoms with Crippen LogP contribution in [0.1, 0.15) is 46.9 Å². The van der Waals surface area contributed by atoms with Crippen LogP contribution in [0.25, 0.3) is 0 Å². The van der Waals surface area contributed by atoms with Crippen molar-refractivity contribution in [3.05, 3.63) is 59.7 Å². The lowest BCUT2D eigenvalue weighted by Crippen LogP contribution is -2.22. The van der Waals surface area contributed by atoms with Crippen molar-refractivity contribution in [2.45, 2.75) is 32.5 Å². The monoisotopic (exact) mass is 404 g/mol. The molecule has 0 amide bonds. The number of unbranched alkanes of at least 4 members (excludes halogenated alkanes) is 1. The maximum Gasteiger partial charge on any atom is 0.376 e. The van der Waals surface area contributed by atoms with Gasteiger partial charge in [-0.15, -0.1) is 9.78 Å². The highest BCUT2D eigenvalue weighted by Crippen LogP contribution is 2.21. The predicted molar refractivity (Wildman–Crippen MR) is 102 cm³/mol. The van der Waals surface area contributed by atoms with Crippen LogP contribution in [0.5, 0.6) is 11.5 Å². The molecule has 0 saturated heterocycles. The van der Waals surface area contributed by atoms with Gasteiger partial charge in [-0.05, 0) is 30.7 Å². The highest BCUT2D eigenvalue weighted by atomic mass is 17.3. The lowest BCUT2D eigenvalue weighted by atomic mass is 10.2. The van der Waals surface area contributed by atoms with Crippen LogP contribution < -0.4 is 9.47 Å². The molecule has 29 heavy (non-hydrogen) atoms. The van der Waals surface area contributed by atoms with Gasteiger partial charge >= 0.3 is 11.9 Å². The summed E-state index contributed by atoms with van der Waals surface area (Å²) < 4.78 is 10.2. The molecule has 0 aliphatic heterocycles. The van der Waals surface area contributed by atoms with E-state index >= 15 is 0 Å². The zero-order valence-electron chi connectivity index (χ0n) is 16.6. The average Bonchev–Trinajstić information content (AvgIpc) is 2.77. The van der Waals surface area contributed by atoms with Crippen LogP contribution in [0.3, 0.4) is 0 Å². The number of carbonyl (C=O) groups is 2. The van der Waals surface area contributed by atoms with Gasteiger partial charge in [-0.25, -0.2) is 9.59 Å². The number of ether oxygens (including phenoxy) is 2. The van der Waals surface area contributed by atoms with Crippen molar-refractivity contribution in [2.75, 3.05) is 14.2 Å². The fraction of sp³-hybridized carbons (Fsp3) is 0.333. The third-order valence-corrected chi connectivity index (χ3v) is 3.91. The van der Waals surface area contributed by atoms with Gasteiger partial charge in [0.1, 0.15) is 22.6 Å². The Morgan fingerprint density at radius 1 is 0.793 bits per heavy atom. The molecule has 0 unspecified atom stereocenters. The quantitative estimate of drug-likeness (QED) is 0.314. The van der Waals surface area contributed by atoms with Gasteiger partial charge in [0, 0.05) is 6.42 Å². The van der Waals surface area contributed by atoms with Crippen molar-refractivity contribution in [3.63, 3.8) is 0 Å². The van der Waals surface area contributed by atoms with Gasteiger partial charge in [0.2, 0.25) is 6.29 Å². The van der Waals surface area contributed by atoms with Crippen molar-refractivity contribution in [2.24, 2.45) is 0 Å². The highest BCUT2D eigenvalue weighted by Gasteiger charge is 2.22. The molecule has 0 aliphatic carbocycles. The number of hydrogen-bond acceptors (Lipinski definition) is 8. The molecule has 0 bridgehead atoms. The third kappa shape index (κ3) is 6.48. The molecule has 0 saturated carbocycles. The van der Waals surface area contributed by atoms with E-state index in [1.165, 1.54) is 26.4 Å². The zero-order chi connectivity index (χ0) is 21.1. The van der Waals surface area contributed by atoms with Crippen molar-refractivity contribution in [3.8, 4) is 11.5 Å². The van der Waals surface area contributed by atoms with Crippen LogP contribution in [0.4, 0.5) is 0 Å². The average molecular weight is 404 g/mol. The van der Waals surface area contributed by atoms with E-state index in [1.54, 1.807) is 36.4 Å². The van der Waals surface area contributed by atoms with Crippen molar-refractivity contribution < 1.29 is 38.6 Å². The Morgan fingerprint density at radius 2 is 1.24 bits per heavy atom. The Kier molecular flexibility index (Phi) is 8.94. The molecule has 8 nitrogen and oxygen atoms in total. The summed E-state index contributed by atoms with van der Waals surface area (Å²) in [5.41, 5.74) is 0.380. The smallest absolute Gasteiger partial charge is 0.376 e. The molecule has 2 rings (SSSR count). The summed E-state index contributed by atoms with van der Waals surface area (Å²) in [4.78, 5) is 44.3. The number of methoxy groups -OCH3 is 2. The molecule has 8 heteroatoms. The Labute approximate surface area is 169 Å². The minimum absolute atomic E-state index is 0.190. The second-order valence-corrected chi connectivity index (χ2v) is 5.91. The molecule has 0 N–H and O–H groups in total. The van der Waals surface area contributed by atoms with Gasteiger partial charge in [-0.3, -0.25) is 9.78 Å². The fourth-order valence-corrected chi connectivity index (χ4v) is 2.39. The Hall–Kier alpha value is -3.10. The van der Waals surface area contributed by atoms with Crippen LogP contribution in [-0.4, -0.2) is 32.4 Å². The third-order valence-electron chi connectivity index (χ3n) is 3.91. The molecule has 0 spiro atoms. The molecule has 0 fully saturated rings. The van der Waals surface area contributed by atoms with E-state index in [9.17, 15) is 9.59 Å². The first kappa shape index (κ1) is 22.2. The molecule has 2 aromatic carbocycles. The van der Waals surface area contributed by atoms with E-state index in [0.29, 0.717) is 24.3 Å². The van der Waals surface area contributed by atoms with Crippen LogP contribution in [0.15, 0.2) is 48.5 Å². The summed E-state index contributed by atoms with van der Waals surface area (Å²) in [7, 11) is 2.88. The Balaban J connectivity index is 1.96. The summed E-state index contributed by atoms with van der Waals surface area (Å²) in [6.45, 7) is 1.97. The van der Waals surface area contributed by atoms with Crippen molar-refractivity contribution in [1.29, 1.82) is 0 Å². The van der Waals surface area contributed by atoms with E-state index in [2.05, 4.69) is 0 Å². The maximum absolute atomic E-state index is 12.2. The van der Waals surface area contributed by atoms with Crippen LogP contribution >= 0.6 is 0 Å². The number of hydrogen-bond donors (Lipinski definition) is 0. The minimum atomic E-state index is -1.09. The van der Waals surface area contributed by atoms with E-state index in [-0.39, 0.29) is 11.1 Å². The van der Waals surface area contributed by atoms with Crippen LogP contribution in [-0.2, 0) is 19.6 Å². The summed E-state index contributed by atoms with van der Waals surface area (Å²) in [5, 5.41) is 0. The second-order valence-electron chi connectivity index (χ2n) is 5.91. The topological polar surface area (TPSA) is 89.5 Å². The molecule has 0 aromatic heterocycles. The standard InChI is InChI=1S/C21H24O8/c1-4-5-14-19(26-28-20(22)15-10-6-8-12-17(15)24-2)27-29-21(23)16-11-7-9-13-18(16)25-3/h6-13,19H,4-5,14H2,1-3H3. The fourth-order valence-electron chi connectivity index (χ4n) is 2.39. The molecule has 0 heterocycles. The van der Waals surface area contributed by atoms with Gasteiger partial charge in [0.05, 0.1) is 14.2 Å². The number of benzene rings is 2. The van der Waals surface area contributed by atoms with E-state index in [0.717, 1.165) is 6.42 Å². The number of carbonyl (C=O) groups excluding carboxylic acids is 2. The largest absolute Gasteiger partial charge is 0.496 e. The predicted octanol–water partition coefficient (Wildman–Crippen LogP) is 4.10. The van der Waals surface area contributed by atoms with Gasteiger partial charge in [0.15, 0.2) is 0 Å². The molecular weight excluding hydrogens is 380 g/mol. The van der Waals surface area contributed by atoms with Crippen LogP contribution in [0, 0.1) is 0 Å². The molecule has 2 aromatic rings. The molecule has 0 aliphatic rings. The Bertz CT molecular complexity index is 741. The summed E-state index contributed by atoms with van der Waals surface area (Å²) in [6.07, 6.45) is 0.787. The lowest BCUT2D eigenvalue weighted by molar-refractivity contribution is -0.421. The zero-order valence-corrected chi connectivity index (χ0v) is 16.6. The maximum atomic E-state index is 12.2. The first-order chi connectivity index (χ1) is 14.1. The van der Waals surface area contributed by atoms with E-state index in [1.807, 2.05) is 6.92 Å². The molecule has 0 radical (unpaired) electrons. The summed E-state index contributed by atoms with van der Waals surface area (Å²) >= 11 is 0. The van der Waals surface area contributed by atoms with Gasteiger partial charge < -0.3 is 9.47 Å².